The van der Waals surface area contributed by atoms with E-state index in [0.717, 1.165) is 5.56 Å². The fourth-order valence-corrected chi connectivity index (χ4v) is 3.35. The summed E-state index contributed by atoms with van der Waals surface area (Å²) in [6.45, 7) is 1.64. The number of para-hydroxylation sites is 1. The topological polar surface area (TPSA) is 63.7 Å². The van der Waals surface area contributed by atoms with Crippen LogP contribution in [-0.2, 0) is 16.6 Å². The molecule has 0 N–H and O–H groups in total. The number of benzene rings is 2. The third-order valence-electron chi connectivity index (χ3n) is 3.55. The summed E-state index contributed by atoms with van der Waals surface area (Å²) in [5.41, 5.74) is 1.26. The molecule has 0 amide bonds. The lowest BCUT2D eigenvalue weighted by molar-refractivity contribution is 0.101. The Morgan fingerprint density at radius 3 is 2.26 bits per heavy atom. The molecule has 2 aromatic carbocycles. The van der Waals surface area contributed by atoms with E-state index in [0.29, 0.717) is 11.3 Å². The lowest BCUT2D eigenvalue weighted by Gasteiger charge is -2.18. The van der Waals surface area contributed by atoms with Gasteiger partial charge in [0.2, 0.25) is 10.0 Å². The van der Waals surface area contributed by atoms with E-state index >= 15 is 0 Å². The van der Waals surface area contributed by atoms with E-state index in [1.807, 2.05) is 18.2 Å². The first-order valence-electron chi connectivity index (χ1n) is 7.05. The third kappa shape index (κ3) is 3.78. The van der Waals surface area contributed by atoms with Crippen molar-refractivity contribution >= 4 is 15.8 Å². The van der Waals surface area contributed by atoms with Crippen molar-refractivity contribution in [2.75, 3.05) is 14.2 Å². The van der Waals surface area contributed by atoms with Gasteiger partial charge in [-0.3, -0.25) is 4.79 Å². The first kappa shape index (κ1) is 17.2. The molecule has 5 nitrogen and oxygen atoms in total. The highest BCUT2D eigenvalue weighted by Gasteiger charge is 2.22. The van der Waals surface area contributed by atoms with Crippen molar-refractivity contribution in [1.29, 1.82) is 0 Å². The number of nitrogens with zero attached hydrogens (tertiary/aromatic N) is 1. The van der Waals surface area contributed by atoms with Crippen LogP contribution in [0.1, 0.15) is 22.8 Å². The Bertz CT molecular complexity index is 798. The molecule has 0 radical (unpaired) electrons. The van der Waals surface area contributed by atoms with Crippen LogP contribution in [-0.4, -0.2) is 32.7 Å². The van der Waals surface area contributed by atoms with Crippen LogP contribution < -0.4 is 4.74 Å². The maximum atomic E-state index is 12.6. The Labute approximate surface area is 136 Å². The average Bonchev–Trinajstić information content (AvgIpc) is 2.55. The summed E-state index contributed by atoms with van der Waals surface area (Å²) in [6, 6.07) is 13.2. The molecule has 122 valence electrons. The van der Waals surface area contributed by atoms with E-state index in [2.05, 4.69) is 0 Å². The lowest BCUT2D eigenvalue weighted by atomic mass is 10.2. The van der Waals surface area contributed by atoms with E-state index < -0.39 is 10.0 Å². The van der Waals surface area contributed by atoms with Crippen LogP contribution in [0.5, 0.6) is 5.75 Å². The van der Waals surface area contributed by atoms with E-state index in [1.54, 1.807) is 13.2 Å². The SMILES string of the molecule is COc1ccccc1CN(C)S(=O)(=O)c1ccc(C(C)=O)cc1. The molecule has 6 heteroatoms. The molecule has 0 atom stereocenters. The molecule has 0 spiro atoms. The minimum Gasteiger partial charge on any atom is -0.496 e. The maximum absolute atomic E-state index is 12.6. The van der Waals surface area contributed by atoms with Gasteiger partial charge in [-0.1, -0.05) is 30.3 Å². The summed E-state index contributed by atoms with van der Waals surface area (Å²) in [6.07, 6.45) is 0. The fraction of sp³-hybridized carbons (Fsp3) is 0.235. The Kier molecular flexibility index (Phi) is 5.18. The summed E-state index contributed by atoms with van der Waals surface area (Å²) < 4.78 is 31.7. The van der Waals surface area contributed by atoms with Gasteiger partial charge < -0.3 is 4.74 Å². The standard InChI is InChI=1S/C17H19NO4S/c1-13(19)14-8-10-16(11-9-14)23(20,21)18(2)12-15-6-4-5-7-17(15)22-3/h4-11H,12H2,1-3H3. The summed E-state index contributed by atoms with van der Waals surface area (Å²) in [4.78, 5) is 11.4. The van der Waals surface area contributed by atoms with Gasteiger partial charge in [-0.2, -0.15) is 4.31 Å². The molecular weight excluding hydrogens is 314 g/mol. The Morgan fingerprint density at radius 2 is 1.70 bits per heavy atom. The second-order valence-corrected chi connectivity index (χ2v) is 7.20. The highest BCUT2D eigenvalue weighted by atomic mass is 32.2. The summed E-state index contributed by atoms with van der Waals surface area (Å²) in [5, 5.41) is 0. The zero-order chi connectivity index (χ0) is 17.0. The van der Waals surface area contributed by atoms with Crippen molar-refractivity contribution in [1.82, 2.24) is 4.31 Å². The molecule has 0 unspecified atom stereocenters. The van der Waals surface area contributed by atoms with Crippen molar-refractivity contribution in [2.45, 2.75) is 18.4 Å². The van der Waals surface area contributed by atoms with Gasteiger partial charge >= 0.3 is 0 Å². The summed E-state index contributed by atoms with van der Waals surface area (Å²) >= 11 is 0. The van der Waals surface area contributed by atoms with Crippen LogP contribution in [0.3, 0.4) is 0 Å². The van der Waals surface area contributed by atoms with Crippen LogP contribution in [0.4, 0.5) is 0 Å². The van der Waals surface area contributed by atoms with Gasteiger partial charge in [-0.05, 0) is 25.1 Å². The van der Waals surface area contributed by atoms with E-state index in [9.17, 15) is 13.2 Å². The third-order valence-corrected chi connectivity index (χ3v) is 5.37. The smallest absolute Gasteiger partial charge is 0.243 e. The van der Waals surface area contributed by atoms with E-state index in [-0.39, 0.29) is 17.2 Å². The molecule has 0 aliphatic rings. The molecule has 0 aliphatic carbocycles. The number of carbonyl (C=O) groups is 1. The molecule has 2 aromatic rings. The molecule has 0 heterocycles. The second-order valence-electron chi connectivity index (χ2n) is 5.15. The Balaban J connectivity index is 2.26. The van der Waals surface area contributed by atoms with Crippen molar-refractivity contribution in [3.05, 3.63) is 59.7 Å². The number of sulfonamides is 1. The highest BCUT2D eigenvalue weighted by molar-refractivity contribution is 7.89. The maximum Gasteiger partial charge on any atom is 0.243 e. The largest absolute Gasteiger partial charge is 0.496 e. The number of carbonyl (C=O) groups excluding carboxylic acids is 1. The molecule has 0 bridgehead atoms. The van der Waals surface area contributed by atoms with Crippen LogP contribution >= 0.6 is 0 Å². The van der Waals surface area contributed by atoms with Crippen LogP contribution in [0.15, 0.2) is 53.4 Å². The minimum atomic E-state index is -3.64. The summed E-state index contributed by atoms with van der Waals surface area (Å²) in [7, 11) is -0.574. The van der Waals surface area contributed by atoms with Crippen LogP contribution in [0, 0.1) is 0 Å². The van der Waals surface area contributed by atoms with Gasteiger partial charge in [0, 0.05) is 24.7 Å². The van der Waals surface area contributed by atoms with Crippen molar-refractivity contribution in [3.63, 3.8) is 0 Å². The predicted octanol–water partition coefficient (Wildman–Crippen LogP) is 2.72. The average molecular weight is 333 g/mol. The highest BCUT2D eigenvalue weighted by Crippen LogP contribution is 2.22. The molecule has 2 rings (SSSR count). The fourth-order valence-electron chi connectivity index (χ4n) is 2.20. The van der Waals surface area contributed by atoms with Gasteiger partial charge in [-0.15, -0.1) is 0 Å². The quantitative estimate of drug-likeness (QED) is 0.763. The van der Waals surface area contributed by atoms with Gasteiger partial charge in [-0.25, -0.2) is 8.42 Å². The molecule has 0 saturated carbocycles. The lowest BCUT2D eigenvalue weighted by Crippen LogP contribution is -2.26. The molecular formula is C17H19NO4S. The molecule has 0 aliphatic heterocycles. The number of rotatable bonds is 6. The van der Waals surface area contributed by atoms with E-state index in [4.69, 9.17) is 4.74 Å². The van der Waals surface area contributed by atoms with Gasteiger partial charge in [0.25, 0.3) is 0 Å². The zero-order valence-corrected chi connectivity index (χ0v) is 14.1. The molecule has 0 saturated heterocycles. The Morgan fingerprint density at radius 1 is 1.09 bits per heavy atom. The number of hydrogen-bond donors (Lipinski definition) is 0. The number of Topliss-reactive ketones (excluding diaryl/α,β-unsaturated/α-hetero) is 1. The first-order valence-corrected chi connectivity index (χ1v) is 8.49. The molecule has 0 aromatic heterocycles. The molecule has 23 heavy (non-hydrogen) atoms. The monoisotopic (exact) mass is 333 g/mol. The van der Waals surface area contributed by atoms with E-state index in [1.165, 1.54) is 42.5 Å². The molecule has 0 fully saturated rings. The normalized spacial score (nSPS) is 11.5. The predicted molar refractivity (Wildman–Crippen MR) is 88.1 cm³/mol. The summed E-state index contributed by atoms with van der Waals surface area (Å²) in [5.74, 6) is 0.540. The minimum absolute atomic E-state index is 0.101. The van der Waals surface area contributed by atoms with Crippen molar-refractivity contribution in [2.24, 2.45) is 0 Å². The van der Waals surface area contributed by atoms with Gasteiger partial charge in [0.15, 0.2) is 5.78 Å². The number of ether oxygens (including phenoxy) is 1. The Hall–Kier alpha value is -2.18. The van der Waals surface area contributed by atoms with Crippen LogP contribution in [0.25, 0.3) is 0 Å². The number of methoxy groups -OCH3 is 1. The zero-order valence-electron chi connectivity index (χ0n) is 13.3. The van der Waals surface area contributed by atoms with Gasteiger partial charge in [0.1, 0.15) is 5.75 Å². The van der Waals surface area contributed by atoms with Crippen molar-refractivity contribution in [3.8, 4) is 5.75 Å². The first-order chi connectivity index (χ1) is 10.9. The van der Waals surface area contributed by atoms with Crippen molar-refractivity contribution < 1.29 is 17.9 Å². The number of ketones is 1. The second kappa shape index (κ2) is 6.93. The van der Waals surface area contributed by atoms with Gasteiger partial charge in [0.05, 0.1) is 12.0 Å². The number of hydrogen-bond acceptors (Lipinski definition) is 4. The van der Waals surface area contributed by atoms with Crippen LogP contribution in [0.2, 0.25) is 0 Å².